The number of hydrogen-bond acceptors (Lipinski definition) is 4. The molecule has 0 saturated heterocycles. The Balaban J connectivity index is 2.51. The minimum absolute atomic E-state index is 0.115. The van der Waals surface area contributed by atoms with Crippen LogP contribution < -0.4 is 5.56 Å². The first kappa shape index (κ1) is 17.1. The number of aliphatic hydroxyl groups is 1. The van der Waals surface area contributed by atoms with Gasteiger partial charge in [0.25, 0.3) is 11.5 Å². The molecule has 0 aliphatic heterocycles. The van der Waals surface area contributed by atoms with Gasteiger partial charge in [0.1, 0.15) is 0 Å². The maximum absolute atomic E-state index is 12.6. The van der Waals surface area contributed by atoms with Crippen LogP contribution in [0.25, 0.3) is 10.8 Å². The van der Waals surface area contributed by atoms with E-state index in [0.29, 0.717) is 17.3 Å². The van der Waals surface area contributed by atoms with E-state index in [1.807, 2.05) is 0 Å². The highest BCUT2D eigenvalue weighted by atomic mass is 16.3. The van der Waals surface area contributed by atoms with Gasteiger partial charge in [-0.05, 0) is 12.5 Å². The molecule has 0 atom stereocenters. The van der Waals surface area contributed by atoms with Gasteiger partial charge in [-0.3, -0.25) is 9.59 Å². The molecular weight excluding hydrogens is 294 g/mol. The number of carbonyl (C=O) groups is 1. The first-order chi connectivity index (χ1) is 11.1. The number of unbranched alkanes of at least 4 members (excludes halogenated alkanes) is 2. The maximum Gasteiger partial charge on any atom is 0.274 e. The first-order valence-electron chi connectivity index (χ1n) is 7.96. The van der Waals surface area contributed by atoms with Gasteiger partial charge in [-0.15, -0.1) is 0 Å². The van der Waals surface area contributed by atoms with Gasteiger partial charge < -0.3 is 10.0 Å². The highest BCUT2D eigenvalue weighted by Gasteiger charge is 2.19. The number of likely N-dealkylation sites (N-methyl/N-ethyl adjacent to an activating group) is 1. The zero-order valence-corrected chi connectivity index (χ0v) is 13.7. The highest BCUT2D eigenvalue weighted by Crippen LogP contribution is 2.15. The van der Waals surface area contributed by atoms with Crippen molar-refractivity contribution in [2.45, 2.75) is 32.7 Å². The summed E-state index contributed by atoms with van der Waals surface area (Å²) in [5.41, 5.74) is 0.0886. The predicted molar refractivity (Wildman–Crippen MR) is 89.6 cm³/mol. The molecule has 2 rings (SSSR count). The molecule has 6 nitrogen and oxygen atoms in total. The lowest BCUT2D eigenvalue weighted by Gasteiger charge is -2.17. The molecule has 0 fully saturated rings. The molecule has 124 valence electrons. The number of aliphatic hydroxyl groups excluding tert-OH is 1. The van der Waals surface area contributed by atoms with Gasteiger partial charge in [0, 0.05) is 25.5 Å². The Labute approximate surface area is 135 Å². The number of aromatic nitrogens is 2. The molecular formula is C17H23N3O3. The topological polar surface area (TPSA) is 75.4 Å². The van der Waals surface area contributed by atoms with E-state index in [1.165, 1.54) is 9.58 Å². The molecule has 0 unspecified atom stereocenters. The van der Waals surface area contributed by atoms with Gasteiger partial charge in [0.15, 0.2) is 5.69 Å². The average Bonchev–Trinajstić information content (AvgIpc) is 2.57. The third-order valence-electron chi connectivity index (χ3n) is 3.83. The lowest BCUT2D eigenvalue weighted by Crippen LogP contribution is -2.33. The lowest BCUT2D eigenvalue weighted by molar-refractivity contribution is 0.0760. The summed E-state index contributed by atoms with van der Waals surface area (Å²) in [5.74, 6) is -0.292. The van der Waals surface area contributed by atoms with Crippen LogP contribution in [-0.2, 0) is 6.54 Å². The third kappa shape index (κ3) is 3.76. The molecule has 0 spiro atoms. The van der Waals surface area contributed by atoms with Crippen molar-refractivity contribution in [2.24, 2.45) is 0 Å². The monoisotopic (exact) mass is 317 g/mol. The van der Waals surface area contributed by atoms with E-state index >= 15 is 0 Å². The Morgan fingerprint density at radius 2 is 1.96 bits per heavy atom. The molecule has 0 bridgehead atoms. The summed E-state index contributed by atoms with van der Waals surface area (Å²) in [6, 6.07) is 7.03. The quantitative estimate of drug-likeness (QED) is 0.788. The fraction of sp³-hybridized carbons (Fsp3) is 0.471. The Bertz CT molecular complexity index is 739. The third-order valence-corrected chi connectivity index (χ3v) is 3.83. The van der Waals surface area contributed by atoms with Crippen molar-refractivity contribution < 1.29 is 9.90 Å². The van der Waals surface area contributed by atoms with Crippen molar-refractivity contribution in [3.8, 4) is 0 Å². The summed E-state index contributed by atoms with van der Waals surface area (Å²) >= 11 is 0. The molecule has 6 heteroatoms. The maximum atomic E-state index is 12.6. The van der Waals surface area contributed by atoms with E-state index in [9.17, 15) is 9.59 Å². The van der Waals surface area contributed by atoms with Crippen LogP contribution in [0.3, 0.4) is 0 Å². The smallest absolute Gasteiger partial charge is 0.274 e. The van der Waals surface area contributed by atoms with E-state index in [1.54, 1.807) is 31.3 Å². The van der Waals surface area contributed by atoms with Crippen molar-refractivity contribution in [2.75, 3.05) is 20.2 Å². The van der Waals surface area contributed by atoms with Gasteiger partial charge in [-0.2, -0.15) is 5.10 Å². The highest BCUT2D eigenvalue weighted by molar-refractivity contribution is 6.04. The second-order valence-electron chi connectivity index (χ2n) is 5.58. The van der Waals surface area contributed by atoms with Crippen LogP contribution in [0.15, 0.2) is 29.1 Å². The number of carbonyl (C=O) groups excluding carboxylic acids is 1. The summed E-state index contributed by atoms with van der Waals surface area (Å²) in [5, 5.41) is 14.4. The molecule has 1 aromatic heterocycles. The van der Waals surface area contributed by atoms with Gasteiger partial charge in [0.05, 0.1) is 12.0 Å². The SMILES string of the molecule is CCCCCn1nc(C(=O)N(C)CCO)c2ccccc2c1=O. The van der Waals surface area contributed by atoms with Crippen molar-refractivity contribution in [1.82, 2.24) is 14.7 Å². The number of rotatable bonds is 7. The number of aryl methyl sites for hydroxylation is 1. The standard InChI is InChI=1S/C17H23N3O3/c1-3-4-7-10-20-16(22)14-9-6-5-8-13(14)15(18-20)17(23)19(2)11-12-21/h5-6,8-9,21H,3-4,7,10-12H2,1-2H3. The van der Waals surface area contributed by atoms with Crippen LogP contribution in [0.2, 0.25) is 0 Å². The molecule has 1 aromatic carbocycles. The summed E-state index contributed by atoms with van der Waals surface area (Å²) in [7, 11) is 1.61. The molecule has 1 amide bonds. The van der Waals surface area contributed by atoms with Crippen LogP contribution in [0.5, 0.6) is 0 Å². The molecule has 1 N–H and O–H groups in total. The van der Waals surface area contributed by atoms with Gasteiger partial charge >= 0.3 is 0 Å². The Hall–Kier alpha value is -2.21. The predicted octanol–water partition coefficient (Wildman–Crippen LogP) is 1.65. The van der Waals surface area contributed by atoms with Crippen molar-refractivity contribution >= 4 is 16.7 Å². The van der Waals surface area contributed by atoms with E-state index in [4.69, 9.17) is 5.11 Å². The molecule has 2 aromatic rings. The Morgan fingerprint density at radius 1 is 1.26 bits per heavy atom. The lowest BCUT2D eigenvalue weighted by atomic mass is 10.1. The van der Waals surface area contributed by atoms with Gasteiger partial charge in [-0.1, -0.05) is 38.0 Å². The van der Waals surface area contributed by atoms with E-state index in [-0.39, 0.29) is 30.3 Å². The minimum atomic E-state index is -0.292. The number of benzene rings is 1. The zero-order chi connectivity index (χ0) is 16.8. The molecule has 0 aliphatic rings. The molecule has 1 heterocycles. The van der Waals surface area contributed by atoms with Crippen molar-refractivity contribution in [1.29, 1.82) is 0 Å². The largest absolute Gasteiger partial charge is 0.395 e. The minimum Gasteiger partial charge on any atom is -0.395 e. The van der Waals surface area contributed by atoms with Crippen LogP contribution in [0.4, 0.5) is 0 Å². The molecule has 23 heavy (non-hydrogen) atoms. The summed E-state index contributed by atoms with van der Waals surface area (Å²) in [4.78, 5) is 26.5. The van der Waals surface area contributed by atoms with Crippen LogP contribution in [-0.4, -0.2) is 45.9 Å². The Morgan fingerprint density at radius 3 is 2.61 bits per heavy atom. The summed E-state index contributed by atoms with van der Waals surface area (Å²) in [6.07, 6.45) is 2.91. The number of nitrogens with zero attached hydrogens (tertiary/aromatic N) is 3. The average molecular weight is 317 g/mol. The number of hydrogen-bond donors (Lipinski definition) is 1. The van der Waals surface area contributed by atoms with Crippen molar-refractivity contribution in [3.63, 3.8) is 0 Å². The molecule has 0 radical (unpaired) electrons. The van der Waals surface area contributed by atoms with Crippen LogP contribution in [0, 0.1) is 0 Å². The molecule has 0 saturated carbocycles. The number of fused-ring (bicyclic) bond motifs is 1. The second kappa shape index (κ2) is 7.87. The zero-order valence-electron chi connectivity index (χ0n) is 13.7. The fourth-order valence-electron chi connectivity index (χ4n) is 2.49. The van der Waals surface area contributed by atoms with E-state index < -0.39 is 0 Å². The second-order valence-corrected chi connectivity index (χ2v) is 5.58. The Kier molecular flexibility index (Phi) is 5.87. The normalized spacial score (nSPS) is 10.9. The summed E-state index contributed by atoms with van der Waals surface area (Å²) < 4.78 is 1.39. The van der Waals surface area contributed by atoms with Gasteiger partial charge in [0.2, 0.25) is 0 Å². The number of amides is 1. The van der Waals surface area contributed by atoms with E-state index in [2.05, 4.69) is 12.0 Å². The van der Waals surface area contributed by atoms with Crippen LogP contribution >= 0.6 is 0 Å². The fourth-order valence-corrected chi connectivity index (χ4v) is 2.49. The summed E-state index contributed by atoms with van der Waals surface area (Å²) in [6.45, 7) is 2.71. The van der Waals surface area contributed by atoms with Crippen LogP contribution in [0.1, 0.15) is 36.7 Å². The van der Waals surface area contributed by atoms with E-state index in [0.717, 1.165) is 19.3 Å². The first-order valence-corrected chi connectivity index (χ1v) is 7.96. The van der Waals surface area contributed by atoms with Gasteiger partial charge in [-0.25, -0.2) is 4.68 Å². The molecule has 0 aliphatic carbocycles. The van der Waals surface area contributed by atoms with Crippen molar-refractivity contribution in [3.05, 3.63) is 40.3 Å².